The van der Waals surface area contributed by atoms with Crippen molar-refractivity contribution in [1.82, 2.24) is 10.2 Å². The molecule has 3 N–H and O–H groups in total. The first-order valence-electron chi connectivity index (χ1n) is 9.25. The molecular formula is C19H26F3N3O. The highest BCUT2D eigenvalue weighted by atomic mass is 19.4. The molecule has 1 saturated heterocycles. The maximum Gasteiger partial charge on any atom is 0.416 e. The quantitative estimate of drug-likeness (QED) is 0.858. The van der Waals surface area contributed by atoms with Gasteiger partial charge in [0, 0.05) is 25.7 Å². The van der Waals surface area contributed by atoms with Crippen molar-refractivity contribution < 1.29 is 18.0 Å². The highest BCUT2D eigenvalue weighted by Gasteiger charge is 2.37. The van der Waals surface area contributed by atoms with E-state index in [1.807, 2.05) is 0 Å². The van der Waals surface area contributed by atoms with Crippen LogP contribution in [0.1, 0.15) is 49.7 Å². The Morgan fingerprint density at radius 3 is 2.46 bits per heavy atom. The Morgan fingerprint density at radius 1 is 1.19 bits per heavy atom. The second-order valence-corrected chi connectivity index (χ2v) is 7.61. The fourth-order valence-electron chi connectivity index (χ4n) is 3.89. The Bertz CT molecular complexity index is 624. The molecule has 1 amide bonds. The first kappa shape index (κ1) is 19.2. The number of alkyl halides is 3. The Hall–Kier alpha value is -1.60. The Labute approximate surface area is 151 Å². The number of rotatable bonds is 4. The molecule has 1 aliphatic heterocycles. The lowest BCUT2D eigenvalue weighted by molar-refractivity contribution is -0.137. The van der Waals surface area contributed by atoms with Gasteiger partial charge in [-0.05, 0) is 37.0 Å². The molecule has 1 aromatic rings. The molecule has 1 aromatic carbocycles. The van der Waals surface area contributed by atoms with Gasteiger partial charge in [-0.1, -0.05) is 31.4 Å². The lowest BCUT2D eigenvalue weighted by atomic mass is 9.82. The van der Waals surface area contributed by atoms with Gasteiger partial charge in [0.15, 0.2) is 0 Å². The van der Waals surface area contributed by atoms with E-state index in [0.717, 1.165) is 62.8 Å². The molecule has 3 rings (SSSR count). The molecular weight excluding hydrogens is 343 g/mol. The van der Waals surface area contributed by atoms with E-state index in [4.69, 9.17) is 5.73 Å². The monoisotopic (exact) mass is 369 g/mol. The minimum absolute atomic E-state index is 0.0549. The summed E-state index contributed by atoms with van der Waals surface area (Å²) in [4.78, 5) is 14.7. The lowest BCUT2D eigenvalue weighted by Gasteiger charge is -2.33. The molecule has 0 spiro atoms. The number of benzene rings is 1. The number of hydrogen-bond donors (Lipinski definition) is 2. The predicted octanol–water partition coefficient (Wildman–Crippen LogP) is 3.06. The van der Waals surface area contributed by atoms with Gasteiger partial charge in [0.05, 0.1) is 11.1 Å². The normalized spacial score (nSPS) is 23.8. The van der Waals surface area contributed by atoms with Crippen LogP contribution in [0.15, 0.2) is 24.3 Å². The molecule has 1 atom stereocenters. The van der Waals surface area contributed by atoms with Crippen LogP contribution in [-0.2, 0) is 17.5 Å². The number of amides is 1. The molecule has 2 fully saturated rings. The van der Waals surface area contributed by atoms with Crippen molar-refractivity contribution in [1.29, 1.82) is 0 Å². The molecule has 1 saturated carbocycles. The number of carbonyl (C=O) groups is 1. The molecule has 144 valence electrons. The molecule has 1 unspecified atom stereocenters. The summed E-state index contributed by atoms with van der Waals surface area (Å²) in [5.41, 5.74) is 5.74. The van der Waals surface area contributed by atoms with Crippen molar-refractivity contribution in [2.75, 3.05) is 13.1 Å². The topological polar surface area (TPSA) is 58.4 Å². The zero-order chi connectivity index (χ0) is 18.8. The van der Waals surface area contributed by atoms with Gasteiger partial charge in [-0.15, -0.1) is 0 Å². The van der Waals surface area contributed by atoms with E-state index in [1.54, 1.807) is 0 Å². The van der Waals surface area contributed by atoms with E-state index in [-0.39, 0.29) is 11.9 Å². The zero-order valence-electron chi connectivity index (χ0n) is 14.8. The molecule has 1 heterocycles. The first-order valence-corrected chi connectivity index (χ1v) is 9.25. The maximum atomic E-state index is 12.6. The number of hydrogen-bond acceptors (Lipinski definition) is 3. The minimum atomic E-state index is -4.31. The predicted molar refractivity (Wildman–Crippen MR) is 93.3 cm³/mol. The van der Waals surface area contributed by atoms with Crippen LogP contribution in [0.3, 0.4) is 0 Å². The standard InChI is InChI=1S/C19H26F3N3O/c20-19(21,22)15-6-4-14(5-7-15)12-25-11-8-16(13-25)24-17(26)18(23)9-2-1-3-10-18/h4-7,16H,1-3,8-13,23H2,(H,24,26). The zero-order valence-corrected chi connectivity index (χ0v) is 14.8. The number of nitrogens with zero attached hydrogens (tertiary/aromatic N) is 1. The van der Waals surface area contributed by atoms with Gasteiger partial charge in [0.2, 0.25) is 5.91 Å². The van der Waals surface area contributed by atoms with E-state index in [1.165, 1.54) is 12.1 Å². The van der Waals surface area contributed by atoms with Crippen molar-refractivity contribution in [3.63, 3.8) is 0 Å². The summed E-state index contributed by atoms with van der Waals surface area (Å²) in [5, 5.41) is 3.08. The minimum Gasteiger partial charge on any atom is -0.350 e. The summed E-state index contributed by atoms with van der Waals surface area (Å²) in [6.07, 6.45) is 1.13. The SMILES string of the molecule is NC1(C(=O)NC2CCN(Cc3ccc(C(F)(F)F)cc3)C2)CCCCC1. The number of carbonyl (C=O) groups excluding carboxylic acids is 1. The van der Waals surface area contributed by atoms with Gasteiger partial charge in [0.1, 0.15) is 0 Å². The molecule has 2 aliphatic rings. The van der Waals surface area contributed by atoms with Crippen molar-refractivity contribution in [3.8, 4) is 0 Å². The molecule has 0 aromatic heterocycles. The van der Waals surface area contributed by atoms with E-state index in [9.17, 15) is 18.0 Å². The van der Waals surface area contributed by atoms with Crippen molar-refractivity contribution >= 4 is 5.91 Å². The second kappa shape index (κ2) is 7.56. The summed E-state index contributed by atoms with van der Waals surface area (Å²) in [5.74, 6) is -0.0569. The Morgan fingerprint density at radius 2 is 1.85 bits per heavy atom. The van der Waals surface area contributed by atoms with Crippen LogP contribution in [0.5, 0.6) is 0 Å². The fraction of sp³-hybridized carbons (Fsp3) is 0.632. The number of halogens is 3. The van der Waals surface area contributed by atoms with Crippen LogP contribution in [-0.4, -0.2) is 35.5 Å². The molecule has 1 aliphatic carbocycles. The van der Waals surface area contributed by atoms with Crippen molar-refractivity contribution in [2.45, 2.75) is 62.8 Å². The third-order valence-electron chi connectivity index (χ3n) is 5.49. The fourth-order valence-corrected chi connectivity index (χ4v) is 3.89. The summed E-state index contributed by atoms with van der Waals surface area (Å²) in [6, 6.07) is 5.33. The van der Waals surface area contributed by atoms with Crippen molar-refractivity contribution in [2.24, 2.45) is 5.73 Å². The first-order chi connectivity index (χ1) is 12.3. The van der Waals surface area contributed by atoms with Crippen LogP contribution in [0.25, 0.3) is 0 Å². The molecule has 0 bridgehead atoms. The van der Waals surface area contributed by atoms with Gasteiger partial charge < -0.3 is 11.1 Å². The van der Waals surface area contributed by atoms with Gasteiger partial charge in [-0.3, -0.25) is 9.69 Å². The van der Waals surface area contributed by atoms with E-state index >= 15 is 0 Å². The van der Waals surface area contributed by atoms with Crippen LogP contribution < -0.4 is 11.1 Å². The van der Waals surface area contributed by atoms with Gasteiger partial charge in [0.25, 0.3) is 0 Å². The van der Waals surface area contributed by atoms with Crippen LogP contribution in [0.4, 0.5) is 13.2 Å². The van der Waals surface area contributed by atoms with E-state index < -0.39 is 17.3 Å². The summed E-state index contributed by atoms with van der Waals surface area (Å²) >= 11 is 0. The summed E-state index contributed by atoms with van der Waals surface area (Å²) < 4.78 is 37.9. The Kier molecular flexibility index (Phi) is 5.58. The largest absolute Gasteiger partial charge is 0.416 e. The third kappa shape index (κ3) is 4.57. The second-order valence-electron chi connectivity index (χ2n) is 7.61. The summed E-state index contributed by atoms with van der Waals surface area (Å²) in [7, 11) is 0. The highest BCUT2D eigenvalue weighted by molar-refractivity contribution is 5.86. The van der Waals surface area contributed by atoms with Gasteiger partial charge in [-0.25, -0.2) is 0 Å². The lowest BCUT2D eigenvalue weighted by Crippen LogP contribution is -2.57. The smallest absolute Gasteiger partial charge is 0.350 e. The number of likely N-dealkylation sites (tertiary alicyclic amines) is 1. The Balaban J connectivity index is 1.50. The molecule has 26 heavy (non-hydrogen) atoms. The molecule has 7 heteroatoms. The van der Waals surface area contributed by atoms with Crippen LogP contribution in [0, 0.1) is 0 Å². The average molecular weight is 369 g/mol. The van der Waals surface area contributed by atoms with Crippen molar-refractivity contribution in [3.05, 3.63) is 35.4 Å². The average Bonchev–Trinajstić information content (AvgIpc) is 3.02. The van der Waals surface area contributed by atoms with Crippen LogP contribution >= 0.6 is 0 Å². The van der Waals surface area contributed by atoms with Crippen LogP contribution in [0.2, 0.25) is 0 Å². The van der Waals surface area contributed by atoms with E-state index in [2.05, 4.69) is 10.2 Å². The number of nitrogens with one attached hydrogen (secondary N) is 1. The maximum absolute atomic E-state index is 12.6. The van der Waals surface area contributed by atoms with Gasteiger partial charge >= 0.3 is 6.18 Å². The van der Waals surface area contributed by atoms with E-state index in [0.29, 0.717) is 13.1 Å². The highest BCUT2D eigenvalue weighted by Crippen LogP contribution is 2.29. The van der Waals surface area contributed by atoms with Gasteiger partial charge in [-0.2, -0.15) is 13.2 Å². The number of nitrogens with two attached hydrogens (primary N) is 1. The summed E-state index contributed by atoms with van der Waals surface area (Å²) in [6.45, 7) is 2.09. The molecule has 0 radical (unpaired) electrons. The molecule has 4 nitrogen and oxygen atoms in total. The third-order valence-corrected chi connectivity index (χ3v) is 5.49.